The highest BCUT2D eigenvalue weighted by Crippen LogP contribution is 2.47. The maximum atomic E-state index is 10.0. The van der Waals surface area contributed by atoms with E-state index in [1.165, 1.54) is 0 Å². The molecule has 0 atom stereocenters. The molecule has 2 heterocycles. The number of rotatable bonds is 5. The lowest BCUT2D eigenvalue weighted by Gasteiger charge is -2.20. The van der Waals surface area contributed by atoms with E-state index in [9.17, 15) is 21.0 Å². The van der Waals surface area contributed by atoms with Gasteiger partial charge in [0.25, 0.3) is 0 Å². The Kier molecular flexibility index (Phi) is 8.62. The van der Waals surface area contributed by atoms with Crippen molar-refractivity contribution in [1.82, 2.24) is 9.13 Å². The molecule has 0 N–H and O–H groups in total. The Bertz CT molecular complexity index is 3770. The van der Waals surface area contributed by atoms with E-state index in [1.54, 1.807) is 42.5 Å². The summed E-state index contributed by atoms with van der Waals surface area (Å²) in [6, 6.07) is 58.8. The quantitative estimate of drug-likeness (QED) is 0.162. The van der Waals surface area contributed by atoms with Gasteiger partial charge in [0.05, 0.1) is 87.6 Å². The van der Waals surface area contributed by atoms with Crippen molar-refractivity contribution in [3.8, 4) is 69.0 Å². The summed E-state index contributed by atoms with van der Waals surface area (Å²) in [6.07, 6.45) is 0. The summed E-state index contributed by atoms with van der Waals surface area (Å²) in [7, 11) is 0. The lowest BCUT2D eigenvalue weighted by molar-refractivity contribution is 1.15. The zero-order valence-electron chi connectivity index (χ0n) is 32.6. The van der Waals surface area contributed by atoms with Gasteiger partial charge in [0, 0.05) is 27.1 Å². The molecule has 8 aromatic carbocycles. The van der Waals surface area contributed by atoms with Crippen molar-refractivity contribution < 1.29 is 0 Å². The van der Waals surface area contributed by atoms with E-state index >= 15 is 0 Å². The van der Waals surface area contributed by atoms with E-state index in [0.29, 0.717) is 45.0 Å². The summed E-state index contributed by atoms with van der Waals surface area (Å²) in [5.41, 5.74) is 11.6. The summed E-state index contributed by atoms with van der Waals surface area (Å²) < 4.78 is 4.23. The van der Waals surface area contributed by atoms with Crippen molar-refractivity contribution in [3.63, 3.8) is 0 Å². The SMILES string of the molecule is [C-]#[N+]c1cc(C#N)cc(-c2ccc3c4ccccc4n(-c4c(-c5cccc(C#N)c5)ccc(-n5c6ccccc6c6ccc(-c7cc(C#N)cc(C#N)c7)cc65)c4[N+]#[C-])c3c2)c1. The minimum Gasteiger partial charge on any atom is -0.319 e. The topological polar surface area (TPSA) is 114 Å². The number of nitrogens with zero attached hydrogens (tertiary/aromatic N) is 8. The standard InChI is InChI=1S/C54H26N8/c1-59-42-25-36(32-58)24-41(26-42)38-15-17-47-45-11-4-6-13-49(45)62(52(47)28-38)54-43(39-9-7-8-33(21-39)29-55)18-19-50(53(54)60-2)61-48-12-5-3-10-44(48)46-16-14-37(27-51(46)61)40-22-34(30-56)20-35(23-40)31-57/h3-28H. The van der Waals surface area contributed by atoms with Gasteiger partial charge < -0.3 is 9.13 Å². The number of hydrogen-bond acceptors (Lipinski definition) is 4. The van der Waals surface area contributed by atoms with Crippen LogP contribution in [-0.2, 0) is 0 Å². The summed E-state index contributed by atoms with van der Waals surface area (Å²) in [4.78, 5) is 8.03. The van der Waals surface area contributed by atoms with Gasteiger partial charge in [0.15, 0.2) is 5.69 Å². The van der Waals surface area contributed by atoms with E-state index < -0.39 is 0 Å². The van der Waals surface area contributed by atoms with Crippen LogP contribution in [0.2, 0.25) is 0 Å². The van der Waals surface area contributed by atoms with Gasteiger partial charge in [-0.05, 0) is 112 Å². The van der Waals surface area contributed by atoms with Crippen LogP contribution in [0, 0.1) is 58.5 Å². The smallest absolute Gasteiger partial charge is 0.234 e. The zero-order chi connectivity index (χ0) is 42.5. The maximum Gasteiger partial charge on any atom is 0.234 e. The third-order valence-electron chi connectivity index (χ3n) is 11.4. The van der Waals surface area contributed by atoms with Crippen molar-refractivity contribution >= 4 is 55.0 Å². The minimum atomic E-state index is 0.361. The van der Waals surface area contributed by atoms with Crippen molar-refractivity contribution in [2.75, 3.05) is 0 Å². The first-order chi connectivity index (χ1) is 30.4. The van der Waals surface area contributed by atoms with E-state index in [4.69, 9.17) is 13.1 Å². The van der Waals surface area contributed by atoms with E-state index in [0.717, 1.165) is 77.0 Å². The highest BCUT2D eigenvalue weighted by atomic mass is 15.1. The first-order valence-electron chi connectivity index (χ1n) is 19.5. The molecule has 0 spiro atoms. The fraction of sp³-hybridized carbons (Fsp3) is 0. The van der Waals surface area contributed by atoms with Crippen LogP contribution in [0.15, 0.2) is 158 Å². The monoisotopic (exact) mass is 786 g/mol. The lowest BCUT2D eigenvalue weighted by atomic mass is 9.98. The minimum absolute atomic E-state index is 0.361. The Hall–Kier alpha value is -9.70. The first-order valence-corrected chi connectivity index (χ1v) is 19.5. The molecule has 0 fully saturated rings. The molecule has 0 unspecified atom stereocenters. The van der Waals surface area contributed by atoms with Crippen LogP contribution in [0.5, 0.6) is 0 Å². The fourth-order valence-electron chi connectivity index (χ4n) is 8.71. The number of fused-ring (bicyclic) bond motifs is 6. The van der Waals surface area contributed by atoms with Crippen LogP contribution in [0.4, 0.5) is 11.4 Å². The second-order valence-corrected chi connectivity index (χ2v) is 14.8. The van der Waals surface area contributed by atoms with Gasteiger partial charge in [-0.15, -0.1) is 0 Å². The van der Waals surface area contributed by atoms with E-state index in [1.807, 2.05) is 103 Å². The average molecular weight is 787 g/mol. The highest BCUT2D eigenvalue weighted by Gasteiger charge is 2.25. The summed E-state index contributed by atoms with van der Waals surface area (Å²) in [5, 5.41) is 43.3. The third-order valence-corrected chi connectivity index (χ3v) is 11.4. The first kappa shape index (κ1) is 36.6. The molecule has 0 aliphatic carbocycles. The molecule has 2 aromatic heterocycles. The van der Waals surface area contributed by atoms with Gasteiger partial charge in [-0.3, -0.25) is 0 Å². The molecule has 10 aromatic rings. The summed E-state index contributed by atoms with van der Waals surface area (Å²) >= 11 is 0. The number of para-hydroxylation sites is 2. The van der Waals surface area contributed by atoms with Gasteiger partial charge in [0.2, 0.25) is 5.69 Å². The van der Waals surface area contributed by atoms with E-state index in [-0.39, 0.29) is 0 Å². The van der Waals surface area contributed by atoms with Crippen LogP contribution in [0.1, 0.15) is 22.3 Å². The molecule has 0 bridgehead atoms. The second-order valence-electron chi connectivity index (χ2n) is 14.8. The van der Waals surface area contributed by atoms with Gasteiger partial charge in [-0.25, -0.2) is 9.69 Å². The maximum absolute atomic E-state index is 10.0. The van der Waals surface area contributed by atoms with Gasteiger partial charge in [-0.1, -0.05) is 78.9 Å². The molecular weight excluding hydrogens is 761 g/mol. The fourth-order valence-corrected chi connectivity index (χ4v) is 8.71. The molecule has 282 valence electrons. The molecule has 0 aliphatic heterocycles. The van der Waals surface area contributed by atoms with E-state index in [2.05, 4.69) is 55.2 Å². The lowest BCUT2D eigenvalue weighted by Crippen LogP contribution is -2.03. The molecule has 0 amide bonds. The molecule has 62 heavy (non-hydrogen) atoms. The van der Waals surface area contributed by atoms with Gasteiger partial charge in [-0.2, -0.15) is 21.0 Å². The Labute approximate surface area is 355 Å². The summed E-state index contributed by atoms with van der Waals surface area (Å²) in [5.74, 6) is 0. The van der Waals surface area contributed by atoms with Crippen LogP contribution < -0.4 is 0 Å². The molecule has 0 radical (unpaired) electrons. The Morgan fingerprint density at radius 3 is 1.52 bits per heavy atom. The van der Waals surface area contributed by atoms with Gasteiger partial charge >= 0.3 is 0 Å². The van der Waals surface area contributed by atoms with Crippen molar-refractivity contribution in [3.05, 3.63) is 203 Å². The predicted molar refractivity (Wildman–Crippen MR) is 243 cm³/mol. The number of benzene rings is 8. The average Bonchev–Trinajstić information content (AvgIpc) is 3.84. The van der Waals surface area contributed by atoms with Gasteiger partial charge in [0.1, 0.15) is 0 Å². The molecule has 8 heteroatoms. The molecule has 0 saturated heterocycles. The zero-order valence-corrected chi connectivity index (χ0v) is 32.6. The van der Waals surface area contributed by atoms with Crippen LogP contribution in [0.3, 0.4) is 0 Å². The van der Waals surface area contributed by atoms with Crippen LogP contribution >= 0.6 is 0 Å². The highest BCUT2D eigenvalue weighted by molar-refractivity contribution is 6.13. The van der Waals surface area contributed by atoms with Crippen molar-refractivity contribution in [2.45, 2.75) is 0 Å². The Morgan fingerprint density at radius 1 is 0.387 bits per heavy atom. The third kappa shape index (κ3) is 5.79. The molecule has 10 rings (SSSR count). The number of aromatic nitrogens is 2. The van der Waals surface area contributed by atoms with Crippen LogP contribution in [0.25, 0.3) is 98.1 Å². The molecule has 0 aliphatic rings. The number of nitriles is 4. The van der Waals surface area contributed by atoms with Crippen LogP contribution in [-0.4, -0.2) is 9.13 Å². The van der Waals surface area contributed by atoms with Crippen molar-refractivity contribution in [1.29, 1.82) is 21.0 Å². The second kappa shape index (κ2) is 14.6. The number of hydrogen-bond donors (Lipinski definition) is 0. The van der Waals surface area contributed by atoms with Crippen molar-refractivity contribution in [2.24, 2.45) is 0 Å². The largest absolute Gasteiger partial charge is 0.319 e. The molecular formula is C54H26N8. The Balaban J connectivity index is 1.33. The Morgan fingerprint density at radius 2 is 0.919 bits per heavy atom. The molecule has 0 saturated carbocycles. The molecule has 8 nitrogen and oxygen atoms in total. The summed E-state index contributed by atoms with van der Waals surface area (Å²) in [6.45, 7) is 16.8. The predicted octanol–water partition coefficient (Wildman–Crippen LogP) is 13.5. The normalized spacial score (nSPS) is 10.8.